The van der Waals surface area contributed by atoms with Crippen LogP contribution in [0, 0.1) is 5.82 Å². The number of nitrogens with one attached hydrogen (secondary N) is 1. The molecule has 0 aliphatic carbocycles. The van der Waals surface area contributed by atoms with Gasteiger partial charge in [-0.3, -0.25) is 4.79 Å². The van der Waals surface area contributed by atoms with Crippen molar-refractivity contribution in [3.8, 4) is 0 Å². The largest absolute Gasteiger partial charge is 0.352 e. The van der Waals surface area contributed by atoms with E-state index < -0.39 is 5.82 Å². The molecule has 1 amide bonds. The Balaban J connectivity index is 1.73. The van der Waals surface area contributed by atoms with Gasteiger partial charge in [0.05, 0.1) is 10.0 Å². The predicted molar refractivity (Wildman–Crippen MR) is 81.3 cm³/mol. The highest BCUT2D eigenvalue weighted by molar-refractivity contribution is 9.10. The van der Waals surface area contributed by atoms with Gasteiger partial charge in [0.2, 0.25) is 0 Å². The second-order valence-electron chi connectivity index (χ2n) is 5.11. The summed E-state index contributed by atoms with van der Waals surface area (Å²) in [6, 6.07) is 4.75. The van der Waals surface area contributed by atoms with Crippen molar-refractivity contribution in [2.75, 3.05) is 26.2 Å². The highest BCUT2D eigenvalue weighted by atomic mass is 79.9. The minimum absolute atomic E-state index is 0.0948. The molecule has 0 bridgehead atoms. The van der Waals surface area contributed by atoms with Crippen LogP contribution in [0.4, 0.5) is 4.39 Å². The summed E-state index contributed by atoms with van der Waals surface area (Å²) in [5.74, 6) is -0.844. The van der Waals surface area contributed by atoms with Crippen LogP contribution >= 0.6 is 15.9 Å². The lowest BCUT2D eigenvalue weighted by Gasteiger charge is -2.26. The molecule has 0 radical (unpaired) electrons. The Labute approximate surface area is 127 Å². The number of hydrogen-bond acceptors (Lipinski definition) is 2. The lowest BCUT2D eigenvalue weighted by molar-refractivity contribution is 0.0947. The van der Waals surface area contributed by atoms with Crippen LogP contribution in [0.5, 0.6) is 0 Å². The van der Waals surface area contributed by atoms with Crippen molar-refractivity contribution in [1.29, 1.82) is 0 Å². The molecule has 1 aromatic carbocycles. The molecule has 0 unspecified atom stereocenters. The molecule has 0 saturated carbocycles. The summed E-state index contributed by atoms with van der Waals surface area (Å²) in [4.78, 5) is 14.3. The van der Waals surface area contributed by atoms with E-state index in [1.165, 1.54) is 25.3 Å². The van der Waals surface area contributed by atoms with Crippen molar-refractivity contribution in [1.82, 2.24) is 10.2 Å². The molecule has 1 aromatic rings. The van der Waals surface area contributed by atoms with Crippen LogP contribution < -0.4 is 5.32 Å². The van der Waals surface area contributed by atoms with Crippen molar-refractivity contribution in [3.05, 3.63) is 34.1 Å². The number of likely N-dealkylation sites (tertiary alicyclic amines) is 1. The molecule has 1 aliphatic rings. The maximum atomic E-state index is 13.7. The van der Waals surface area contributed by atoms with Crippen molar-refractivity contribution in [2.45, 2.75) is 25.7 Å². The van der Waals surface area contributed by atoms with E-state index in [4.69, 9.17) is 0 Å². The van der Waals surface area contributed by atoms with Gasteiger partial charge in [0.15, 0.2) is 0 Å². The third kappa shape index (κ3) is 4.28. The van der Waals surface area contributed by atoms with Crippen LogP contribution in [0.15, 0.2) is 22.7 Å². The quantitative estimate of drug-likeness (QED) is 0.833. The van der Waals surface area contributed by atoms with Gasteiger partial charge in [0.25, 0.3) is 5.91 Å². The first-order valence-corrected chi connectivity index (χ1v) is 7.92. The third-order valence-corrected chi connectivity index (χ3v) is 4.19. The first-order valence-electron chi connectivity index (χ1n) is 7.13. The number of benzene rings is 1. The summed E-state index contributed by atoms with van der Waals surface area (Å²) in [5.41, 5.74) is 0.0948. The number of halogens is 2. The van der Waals surface area contributed by atoms with Gasteiger partial charge in [0, 0.05) is 6.54 Å². The minimum Gasteiger partial charge on any atom is -0.352 e. The summed E-state index contributed by atoms with van der Waals surface area (Å²) in [6.07, 6.45) is 4.78. The van der Waals surface area contributed by atoms with E-state index in [1.54, 1.807) is 12.1 Å². The molecule has 2 rings (SSSR count). The van der Waals surface area contributed by atoms with Crippen LogP contribution in [0.1, 0.15) is 36.0 Å². The number of carbonyl (C=O) groups excluding carboxylic acids is 1. The molecule has 1 aliphatic heterocycles. The van der Waals surface area contributed by atoms with Gasteiger partial charge in [0.1, 0.15) is 5.82 Å². The Morgan fingerprint density at radius 1 is 1.30 bits per heavy atom. The lowest BCUT2D eigenvalue weighted by Crippen LogP contribution is -2.33. The summed E-state index contributed by atoms with van der Waals surface area (Å²) >= 11 is 3.09. The van der Waals surface area contributed by atoms with E-state index in [9.17, 15) is 9.18 Å². The average molecular weight is 343 g/mol. The molecule has 5 heteroatoms. The second kappa shape index (κ2) is 7.74. The first kappa shape index (κ1) is 15.4. The maximum Gasteiger partial charge on any atom is 0.254 e. The fraction of sp³-hybridized carbons (Fsp3) is 0.533. The zero-order valence-corrected chi connectivity index (χ0v) is 13.1. The zero-order chi connectivity index (χ0) is 14.4. The SMILES string of the molecule is O=C(NCCCN1CCCCC1)c1cccc(Br)c1F. The normalized spacial score (nSPS) is 16.1. The van der Waals surface area contributed by atoms with Gasteiger partial charge in [-0.05, 0) is 67.0 Å². The summed E-state index contributed by atoms with van der Waals surface area (Å²) in [7, 11) is 0. The molecule has 1 saturated heterocycles. The van der Waals surface area contributed by atoms with Gasteiger partial charge < -0.3 is 10.2 Å². The smallest absolute Gasteiger partial charge is 0.254 e. The Bertz CT molecular complexity index is 461. The average Bonchev–Trinajstić information content (AvgIpc) is 2.47. The molecule has 20 heavy (non-hydrogen) atoms. The molecule has 0 spiro atoms. The molecular weight excluding hydrogens is 323 g/mol. The Kier molecular flexibility index (Phi) is 5.98. The van der Waals surface area contributed by atoms with Crippen molar-refractivity contribution >= 4 is 21.8 Å². The molecule has 3 nitrogen and oxygen atoms in total. The molecule has 1 heterocycles. The molecule has 0 aromatic heterocycles. The topological polar surface area (TPSA) is 32.3 Å². The van der Waals surface area contributed by atoms with Crippen LogP contribution in [0.25, 0.3) is 0 Å². The van der Waals surface area contributed by atoms with Crippen LogP contribution in [0.3, 0.4) is 0 Å². The fourth-order valence-electron chi connectivity index (χ4n) is 2.46. The number of amides is 1. The molecule has 1 fully saturated rings. The molecular formula is C15H20BrFN2O. The van der Waals surface area contributed by atoms with Crippen molar-refractivity contribution in [2.24, 2.45) is 0 Å². The Morgan fingerprint density at radius 2 is 2.05 bits per heavy atom. The molecule has 110 valence electrons. The predicted octanol–water partition coefficient (Wildman–Crippen LogP) is 3.19. The van der Waals surface area contributed by atoms with Crippen molar-refractivity contribution in [3.63, 3.8) is 0 Å². The molecule has 0 atom stereocenters. The van der Waals surface area contributed by atoms with Gasteiger partial charge in [-0.25, -0.2) is 4.39 Å². The van der Waals surface area contributed by atoms with E-state index in [1.807, 2.05) is 0 Å². The van der Waals surface area contributed by atoms with Crippen LogP contribution in [-0.2, 0) is 0 Å². The summed E-state index contributed by atoms with van der Waals surface area (Å²) < 4.78 is 14.1. The highest BCUT2D eigenvalue weighted by Gasteiger charge is 2.13. The lowest BCUT2D eigenvalue weighted by atomic mass is 10.1. The fourth-order valence-corrected chi connectivity index (χ4v) is 2.83. The van der Waals surface area contributed by atoms with E-state index in [0.29, 0.717) is 11.0 Å². The van der Waals surface area contributed by atoms with Gasteiger partial charge in [-0.2, -0.15) is 0 Å². The minimum atomic E-state index is -0.499. The third-order valence-electron chi connectivity index (χ3n) is 3.58. The van der Waals surface area contributed by atoms with E-state index in [0.717, 1.165) is 26.1 Å². The van der Waals surface area contributed by atoms with Gasteiger partial charge >= 0.3 is 0 Å². The number of piperidine rings is 1. The van der Waals surface area contributed by atoms with E-state index >= 15 is 0 Å². The number of hydrogen-bond donors (Lipinski definition) is 1. The first-order chi connectivity index (χ1) is 9.68. The van der Waals surface area contributed by atoms with Crippen molar-refractivity contribution < 1.29 is 9.18 Å². The summed E-state index contributed by atoms with van der Waals surface area (Å²) in [5, 5.41) is 2.78. The Hall–Kier alpha value is -0.940. The van der Waals surface area contributed by atoms with Crippen LogP contribution in [0.2, 0.25) is 0 Å². The Morgan fingerprint density at radius 3 is 2.80 bits per heavy atom. The van der Waals surface area contributed by atoms with E-state index in [-0.39, 0.29) is 11.5 Å². The zero-order valence-electron chi connectivity index (χ0n) is 11.5. The van der Waals surface area contributed by atoms with Gasteiger partial charge in [-0.1, -0.05) is 12.5 Å². The van der Waals surface area contributed by atoms with E-state index in [2.05, 4.69) is 26.1 Å². The summed E-state index contributed by atoms with van der Waals surface area (Å²) in [6.45, 7) is 3.91. The number of carbonyl (C=O) groups is 1. The number of nitrogens with zero attached hydrogens (tertiary/aromatic N) is 1. The second-order valence-corrected chi connectivity index (χ2v) is 5.97. The van der Waals surface area contributed by atoms with Gasteiger partial charge in [-0.15, -0.1) is 0 Å². The molecule has 1 N–H and O–H groups in total. The standard InChI is InChI=1S/C15H20BrFN2O/c16-13-7-4-6-12(14(13)17)15(20)18-8-5-11-19-9-2-1-3-10-19/h4,6-7H,1-3,5,8-11H2,(H,18,20). The maximum absolute atomic E-state index is 13.7. The monoisotopic (exact) mass is 342 g/mol. The van der Waals surface area contributed by atoms with Crippen LogP contribution in [-0.4, -0.2) is 37.0 Å². The number of rotatable bonds is 5. The highest BCUT2D eigenvalue weighted by Crippen LogP contribution is 2.18.